The number of aromatic nitrogens is 1. The van der Waals surface area contributed by atoms with E-state index in [-0.39, 0.29) is 0 Å². The number of halogens is 1. The molecule has 0 unspecified atom stereocenters. The third kappa shape index (κ3) is 2.33. The maximum atomic E-state index is 5.53. The van der Waals surface area contributed by atoms with Crippen LogP contribution in [-0.2, 0) is 0 Å². The summed E-state index contributed by atoms with van der Waals surface area (Å²) in [7, 11) is 0. The standard InChI is InChI=1S/C10H8BrNOS/c1-7-2-4-8(5-3-7)13-10-12-6-9(11)14-10/h2-6H,1H3. The highest BCUT2D eigenvalue weighted by Gasteiger charge is 2.01. The van der Waals surface area contributed by atoms with Crippen molar-refractivity contribution in [3.63, 3.8) is 0 Å². The number of thiazole rings is 1. The van der Waals surface area contributed by atoms with Crippen LogP contribution < -0.4 is 4.74 Å². The Hall–Kier alpha value is -0.870. The minimum atomic E-state index is 0.653. The van der Waals surface area contributed by atoms with Crippen LogP contribution in [-0.4, -0.2) is 4.98 Å². The van der Waals surface area contributed by atoms with E-state index in [1.54, 1.807) is 6.20 Å². The second-order valence-corrected chi connectivity index (χ2v) is 5.22. The van der Waals surface area contributed by atoms with Gasteiger partial charge in [-0.15, -0.1) is 0 Å². The molecule has 0 saturated carbocycles. The van der Waals surface area contributed by atoms with Crippen molar-refractivity contribution in [2.75, 3.05) is 0 Å². The molecule has 0 aliphatic rings. The number of ether oxygens (including phenoxy) is 1. The van der Waals surface area contributed by atoms with Crippen LogP contribution in [0.4, 0.5) is 0 Å². The van der Waals surface area contributed by atoms with Crippen molar-refractivity contribution in [3.05, 3.63) is 39.8 Å². The molecule has 0 fully saturated rings. The van der Waals surface area contributed by atoms with E-state index >= 15 is 0 Å². The molecule has 0 amide bonds. The van der Waals surface area contributed by atoms with Crippen molar-refractivity contribution < 1.29 is 4.74 Å². The summed E-state index contributed by atoms with van der Waals surface area (Å²) in [5, 5.41) is 0.653. The zero-order valence-corrected chi connectivity index (χ0v) is 9.93. The van der Waals surface area contributed by atoms with E-state index in [4.69, 9.17) is 4.74 Å². The Bertz CT molecular complexity index is 424. The molecular weight excluding hydrogens is 262 g/mol. The Morgan fingerprint density at radius 1 is 1.29 bits per heavy atom. The van der Waals surface area contributed by atoms with Crippen molar-refractivity contribution in [1.29, 1.82) is 0 Å². The van der Waals surface area contributed by atoms with E-state index < -0.39 is 0 Å². The van der Waals surface area contributed by atoms with E-state index in [0.717, 1.165) is 9.54 Å². The number of hydrogen-bond acceptors (Lipinski definition) is 3. The summed E-state index contributed by atoms with van der Waals surface area (Å²) in [6, 6.07) is 7.89. The first kappa shape index (κ1) is 9.68. The summed E-state index contributed by atoms with van der Waals surface area (Å²) in [5.74, 6) is 0.817. The average molecular weight is 270 g/mol. The first-order valence-corrected chi connectivity index (χ1v) is 5.71. The molecule has 0 aliphatic heterocycles. The minimum Gasteiger partial charge on any atom is -0.431 e. The van der Waals surface area contributed by atoms with E-state index in [9.17, 15) is 0 Å². The van der Waals surface area contributed by atoms with Gasteiger partial charge in [0.25, 0.3) is 5.19 Å². The molecule has 4 heteroatoms. The van der Waals surface area contributed by atoms with Gasteiger partial charge in [0.1, 0.15) is 5.75 Å². The second kappa shape index (κ2) is 4.11. The van der Waals surface area contributed by atoms with Crippen LogP contribution in [0.5, 0.6) is 10.9 Å². The summed E-state index contributed by atoms with van der Waals surface area (Å²) < 4.78 is 6.50. The molecule has 0 N–H and O–H groups in total. The third-order valence-electron chi connectivity index (χ3n) is 1.68. The minimum absolute atomic E-state index is 0.653. The van der Waals surface area contributed by atoms with Crippen LogP contribution in [0.25, 0.3) is 0 Å². The molecule has 2 rings (SSSR count). The molecule has 1 aromatic heterocycles. The molecule has 0 aliphatic carbocycles. The average Bonchev–Trinajstić information content (AvgIpc) is 2.56. The van der Waals surface area contributed by atoms with Crippen LogP contribution in [0.15, 0.2) is 34.2 Å². The maximum absolute atomic E-state index is 5.53. The van der Waals surface area contributed by atoms with Crippen molar-refractivity contribution in [2.45, 2.75) is 6.92 Å². The normalized spacial score (nSPS) is 10.1. The summed E-state index contributed by atoms with van der Waals surface area (Å²) in [6.07, 6.45) is 1.73. The molecule has 2 aromatic rings. The lowest BCUT2D eigenvalue weighted by molar-refractivity contribution is 0.478. The molecule has 72 valence electrons. The van der Waals surface area contributed by atoms with Gasteiger partial charge < -0.3 is 4.74 Å². The smallest absolute Gasteiger partial charge is 0.279 e. The number of nitrogens with zero attached hydrogens (tertiary/aromatic N) is 1. The first-order chi connectivity index (χ1) is 6.74. The van der Waals surface area contributed by atoms with E-state index in [1.807, 2.05) is 31.2 Å². The summed E-state index contributed by atoms with van der Waals surface area (Å²) in [6.45, 7) is 2.05. The van der Waals surface area contributed by atoms with Gasteiger partial charge in [-0.1, -0.05) is 29.0 Å². The molecule has 14 heavy (non-hydrogen) atoms. The molecule has 0 bridgehead atoms. The Morgan fingerprint density at radius 2 is 2.00 bits per heavy atom. The highest BCUT2D eigenvalue weighted by atomic mass is 79.9. The number of rotatable bonds is 2. The molecule has 0 saturated heterocycles. The fraction of sp³-hybridized carbons (Fsp3) is 0.100. The van der Waals surface area contributed by atoms with Gasteiger partial charge in [-0.2, -0.15) is 0 Å². The van der Waals surface area contributed by atoms with Crippen LogP contribution in [0.2, 0.25) is 0 Å². The highest BCUT2D eigenvalue weighted by molar-refractivity contribution is 9.11. The molecule has 1 aromatic carbocycles. The van der Waals surface area contributed by atoms with Crippen molar-refractivity contribution >= 4 is 27.3 Å². The largest absolute Gasteiger partial charge is 0.431 e. The lowest BCUT2D eigenvalue weighted by Gasteiger charge is -2.00. The predicted octanol–water partition coefficient (Wildman–Crippen LogP) is 4.01. The van der Waals surface area contributed by atoms with Crippen molar-refractivity contribution in [2.24, 2.45) is 0 Å². The quantitative estimate of drug-likeness (QED) is 0.822. The van der Waals surface area contributed by atoms with Gasteiger partial charge in [0, 0.05) is 0 Å². The summed E-state index contributed by atoms with van der Waals surface area (Å²) in [5.41, 5.74) is 1.22. The number of aryl methyl sites for hydroxylation is 1. The Labute approximate surface area is 94.7 Å². The summed E-state index contributed by atoms with van der Waals surface area (Å²) in [4.78, 5) is 4.08. The predicted molar refractivity (Wildman–Crippen MR) is 61.1 cm³/mol. The van der Waals surface area contributed by atoms with Crippen LogP contribution in [0.3, 0.4) is 0 Å². The van der Waals surface area contributed by atoms with E-state index in [2.05, 4.69) is 20.9 Å². The van der Waals surface area contributed by atoms with Crippen LogP contribution >= 0.6 is 27.3 Å². The van der Waals surface area contributed by atoms with Gasteiger partial charge in [-0.05, 0) is 35.0 Å². The monoisotopic (exact) mass is 269 g/mol. The third-order valence-corrected chi connectivity index (χ3v) is 3.04. The lowest BCUT2D eigenvalue weighted by atomic mass is 10.2. The second-order valence-electron chi connectivity index (χ2n) is 2.85. The molecular formula is C10H8BrNOS. The molecule has 2 nitrogen and oxygen atoms in total. The SMILES string of the molecule is Cc1ccc(Oc2ncc(Br)s2)cc1. The molecule has 0 radical (unpaired) electrons. The topological polar surface area (TPSA) is 22.1 Å². The van der Waals surface area contributed by atoms with Gasteiger partial charge >= 0.3 is 0 Å². The van der Waals surface area contributed by atoms with Gasteiger partial charge in [0.15, 0.2) is 0 Å². The van der Waals surface area contributed by atoms with Crippen LogP contribution in [0, 0.1) is 6.92 Å². The number of benzene rings is 1. The van der Waals surface area contributed by atoms with Crippen molar-refractivity contribution in [1.82, 2.24) is 4.98 Å². The molecule has 0 spiro atoms. The lowest BCUT2D eigenvalue weighted by Crippen LogP contribution is -1.82. The zero-order valence-electron chi connectivity index (χ0n) is 7.53. The zero-order chi connectivity index (χ0) is 9.97. The van der Waals surface area contributed by atoms with Crippen molar-refractivity contribution in [3.8, 4) is 10.9 Å². The van der Waals surface area contributed by atoms with Crippen LogP contribution in [0.1, 0.15) is 5.56 Å². The van der Waals surface area contributed by atoms with E-state index in [0.29, 0.717) is 5.19 Å². The number of hydrogen-bond donors (Lipinski definition) is 0. The Morgan fingerprint density at radius 3 is 2.57 bits per heavy atom. The Balaban J connectivity index is 2.15. The summed E-state index contributed by atoms with van der Waals surface area (Å²) >= 11 is 4.80. The fourth-order valence-electron chi connectivity index (χ4n) is 0.994. The Kier molecular flexibility index (Phi) is 2.84. The fourth-order valence-corrected chi connectivity index (χ4v) is 2.03. The van der Waals surface area contributed by atoms with Gasteiger partial charge in [-0.25, -0.2) is 4.98 Å². The molecule has 0 atom stereocenters. The van der Waals surface area contributed by atoms with Gasteiger partial charge in [-0.3, -0.25) is 0 Å². The first-order valence-electron chi connectivity index (χ1n) is 4.10. The highest BCUT2D eigenvalue weighted by Crippen LogP contribution is 2.29. The molecule has 1 heterocycles. The maximum Gasteiger partial charge on any atom is 0.279 e. The van der Waals surface area contributed by atoms with Gasteiger partial charge in [0.05, 0.1) is 9.98 Å². The van der Waals surface area contributed by atoms with Gasteiger partial charge in [0.2, 0.25) is 0 Å². The van der Waals surface area contributed by atoms with E-state index in [1.165, 1.54) is 16.9 Å².